The fourth-order valence-corrected chi connectivity index (χ4v) is 3.75. The van der Waals surface area contributed by atoms with E-state index >= 15 is 0 Å². The van der Waals surface area contributed by atoms with Crippen LogP contribution in [0.3, 0.4) is 0 Å². The summed E-state index contributed by atoms with van der Waals surface area (Å²) in [6.45, 7) is 0.866. The zero-order valence-corrected chi connectivity index (χ0v) is 15.5. The summed E-state index contributed by atoms with van der Waals surface area (Å²) >= 11 is 5.51. The van der Waals surface area contributed by atoms with E-state index < -0.39 is 0 Å². The maximum Gasteiger partial charge on any atom is 0.170 e. The predicted octanol–water partition coefficient (Wildman–Crippen LogP) is 4.96. The molecule has 0 amide bonds. The molecule has 1 aliphatic rings. The Kier molecular flexibility index (Phi) is 5.07. The Bertz CT molecular complexity index is 980. The van der Waals surface area contributed by atoms with Gasteiger partial charge in [-0.3, -0.25) is 9.97 Å². The molecule has 4 rings (SSSR count). The van der Waals surface area contributed by atoms with Gasteiger partial charge in [-0.2, -0.15) is 0 Å². The van der Waals surface area contributed by atoms with Crippen LogP contribution >= 0.6 is 12.2 Å². The maximum absolute atomic E-state index is 5.51. The van der Waals surface area contributed by atoms with Crippen LogP contribution in [0.1, 0.15) is 32.1 Å². The van der Waals surface area contributed by atoms with E-state index in [9.17, 15) is 0 Å². The number of anilines is 1. The van der Waals surface area contributed by atoms with Gasteiger partial charge in [-0.15, -0.1) is 0 Å². The number of allylic oxidation sites excluding steroid dienone is 1. The lowest BCUT2D eigenvalue weighted by atomic mass is 9.97. The van der Waals surface area contributed by atoms with Gasteiger partial charge in [-0.25, -0.2) is 0 Å². The van der Waals surface area contributed by atoms with E-state index in [-0.39, 0.29) is 0 Å². The number of nitrogens with zero attached hydrogens (tertiary/aromatic N) is 2. The molecule has 0 saturated heterocycles. The Morgan fingerprint density at radius 2 is 2.12 bits per heavy atom. The Morgan fingerprint density at radius 1 is 1.15 bits per heavy atom. The van der Waals surface area contributed by atoms with Gasteiger partial charge in [-0.05, 0) is 74.0 Å². The molecule has 0 unspecified atom stereocenters. The lowest BCUT2D eigenvalue weighted by Crippen LogP contribution is -2.29. The first-order valence-corrected chi connectivity index (χ1v) is 9.56. The van der Waals surface area contributed by atoms with Crippen molar-refractivity contribution in [3.63, 3.8) is 0 Å². The summed E-state index contributed by atoms with van der Waals surface area (Å²) in [6, 6.07) is 8.12. The number of hydrogen-bond acceptors (Lipinski definition) is 3. The summed E-state index contributed by atoms with van der Waals surface area (Å²) in [6.07, 6.45) is 14.0. The number of rotatable bonds is 4. The van der Waals surface area contributed by atoms with E-state index in [1.165, 1.54) is 25.7 Å². The highest BCUT2D eigenvalue weighted by Gasteiger charge is 2.09. The SMILES string of the molecule is S=C(NCCC1=CCCCC1)Nc1cc2ccncc2c2ncccc12. The number of nitrogens with one attached hydrogen (secondary N) is 2. The monoisotopic (exact) mass is 362 g/mol. The van der Waals surface area contributed by atoms with Gasteiger partial charge >= 0.3 is 0 Å². The first-order chi connectivity index (χ1) is 12.8. The smallest absolute Gasteiger partial charge is 0.170 e. The van der Waals surface area contributed by atoms with Crippen molar-refractivity contribution in [1.29, 1.82) is 0 Å². The maximum atomic E-state index is 5.51. The van der Waals surface area contributed by atoms with Crippen LogP contribution in [-0.2, 0) is 0 Å². The van der Waals surface area contributed by atoms with E-state index in [0.29, 0.717) is 5.11 Å². The second-order valence-corrected chi connectivity index (χ2v) is 7.07. The average Bonchev–Trinajstić information content (AvgIpc) is 2.69. The Hall–Kier alpha value is -2.53. The fraction of sp³-hybridized carbons (Fsp3) is 0.286. The molecule has 5 heteroatoms. The van der Waals surface area contributed by atoms with E-state index in [2.05, 4.69) is 38.8 Å². The molecule has 0 radical (unpaired) electrons. The van der Waals surface area contributed by atoms with Crippen LogP contribution in [0.4, 0.5) is 5.69 Å². The van der Waals surface area contributed by atoms with Crippen molar-refractivity contribution < 1.29 is 0 Å². The molecule has 0 bridgehead atoms. The van der Waals surface area contributed by atoms with Crippen molar-refractivity contribution in [3.8, 4) is 0 Å². The standard InChI is InChI=1S/C21H22N4S/c26-21(24-12-8-15-5-2-1-3-6-15)25-19-13-16-9-11-22-14-18(16)20-17(19)7-4-10-23-20/h4-5,7,9-11,13-14H,1-3,6,8,12H2,(H2,24,25,26). The molecule has 0 aliphatic heterocycles. The molecule has 2 N–H and O–H groups in total. The Balaban J connectivity index is 1.50. The van der Waals surface area contributed by atoms with Gasteiger partial charge < -0.3 is 10.6 Å². The summed E-state index contributed by atoms with van der Waals surface area (Å²) in [5, 5.41) is 10.5. The number of fused-ring (bicyclic) bond motifs is 3. The molecule has 132 valence electrons. The molecule has 4 nitrogen and oxygen atoms in total. The van der Waals surface area contributed by atoms with Crippen LogP contribution in [0.5, 0.6) is 0 Å². The average molecular weight is 363 g/mol. The second kappa shape index (κ2) is 7.79. The third kappa shape index (κ3) is 3.68. The zero-order chi connectivity index (χ0) is 17.8. The Labute approximate surface area is 158 Å². The summed E-state index contributed by atoms with van der Waals surface area (Å²) in [5.74, 6) is 0. The van der Waals surface area contributed by atoms with Gasteiger partial charge in [-0.1, -0.05) is 11.6 Å². The summed E-state index contributed by atoms with van der Waals surface area (Å²) in [4.78, 5) is 8.78. The zero-order valence-electron chi connectivity index (χ0n) is 14.7. The number of thiocarbonyl (C=S) groups is 1. The molecule has 3 aromatic rings. The summed E-state index contributed by atoms with van der Waals surface area (Å²) in [7, 11) is 0. The van der Waals surface area contributed by atoms with Crippen LogP contribution in [-0.4, -0.2) is 21.6 Å². The third-order valence-corrected chi connectivity index (χ3v) is 5.12. The topological polar surface area (TPSA) is 49.8 Å². The normalized spacial score (nSPS) is 14.2. The van der Waals surface area contributed by atoms with Gasteiger partial charge in [0, 0.05) is 35.9 Å². The van der Waals surface area contributed by atoms with Gasteiger partial charge in [0.05, 0.1) is 11.2 Å². The number of hydrogen-bond donors (Lipinski definition) is 2. The molecule has 1 aliphatic carbocycles. The van der Waals surface area contributed by atoms with Gasteiger partial charge in [0.1, 0.15) is 0 Å². The molecule has 26 heavy (non-hydrogen) atoms. The van der Waals surface area contributed by atoms with Crippen LogP contribution in [0.15, 0.2) is 54.5 Å². The molecule has 0 atom stereocenters. The molecule has 0 fully saturated rings. The highest BCUT2D eigenvalue weighted by molar-refractivity contribution is 7.80. The minimum atomic E-state index is 0.653. The molecule has 1 aromatic carbocycles. The molecule has 0 spiro atoms. The van der Waals surface area contributed by atoms with Crippen molar-refractivity contribution in [3.05, 3.63) is 54.5 Å². The quantitative estimate of drug-likeness (QED) is 0.390. The molecule has 0 saturated carbocycles. The number of pyridine rings is 2. The minimum absolute atomic E-state index is 0.653. The second-order valence-electron chi connectivity index (χ2n) is 6.66. The van der Waals surface area contributed by atoms with Gasteiger partial charge in [0.25, 0.3) is 0 Å². The largest absolute Gasteiger partial charge is 0.362 e. The lowest BCUT2D eigenvalue weighted by molar-refractivity contribution is 0.669. The van der Waals surface area contributed by atoms with Gasteiger partial charge in [0.15, 0.2) is 5.11 Å². The predicted molar refractivity (Wildman–Crippen MR) is 112 cm³/mol. The first kappa shape index (κ1) is 16.9. The highest BCUT2D eigenvalue weighted by atomic mass is 32.1. The number of aromatic nitrogens is 2. The van der Waals surface area contributed by atoms with Crippen molar-refractivity contribution >= 4 is 44.7 Å². The first-order valence-electron chi connectivity index (χ1n) is 9.15. The van der Waals surface area contributed by atoms with E-state index in [0.717, 1.165) is 40.3 Å². The molecule has 2 aromatic heterocycles. The number of benzene rings is 1. The van der Waals surface area contributed by atoms with Crippen LogP contribution < -0.4 is 10.6 Å². The summed E-state index contributed by atoms with van der Waals surface area (Å²) < 4.78 is 0. The van der Waals surface area contributed by atoms with Crippen LogP contribution in [0.25, 0.3) is 21.7 Å². The van der Waals surface area contributed by atoms with E-state index in [1.54, 1.807) is 11.8 Å². The molecular formula is C21H22N4S. The van der Waals surface area contributed by atoms with Crippen molar-refractivity contribution in [2.75, 3.05) is 11.9 Å². The minimum Gasteiger partial charge on any atom is -0.362 e. The van der Waals surface area contributed by atoms with Crippen LogP contribution in [0, 0.1) is 0 Å². The highest BCUT2D eigenvalue weighted by Crippen LogP contribution is 2.29. The van der Waals surface area contributed by atoms with Gasteiger partial charge in [0.2, 0.25) is 0 Å². The third-order valence-electron chi connectivity index (χ3n) is 4.87. The summed E-state index contributed by atoms with van der Waals surface area (Å²) in [5.41, 5.74) is 3.47. The fourth-order valence-electron chi connectivity index (χ4n) is 3.54. The van der Waals surface area contributed by atoms with E-state index in [4.69, 9.17) is 12.2 Å². The lowest BCUT2D eigenvalue weighted by Gasteiger charge is -2.16. The van der Waals surface area contributed by atoms with Crippen molar-refractivity contribution in [2.24, 2.45) is 0 Å². The van der Waals surface area contributed by atoms with Crippen LogP contribution in [0.2, 0.25) is 0 Å². The molecule has 2 heterocycles. The molecular weight excluding hydrogens is 340 g/mol. The van der Waals surface area contributed by atoms with E-state index in [1.807, 2.05) is 24.5 Å². The van der Waals surface area contributed by atoms with Crippen molar-refractivity contribution in [1.82, 2.24) is 15.3 Å². The Morgan fingerprint density at radius 3 is 3.00 bits per heavy atom. The van der Waals surface area contributed by atoms with Crippen molar-refractivity contribution in [2.45, 2.75) is 32.1 Å².